The van der Waals surface area contributed by atoms with Crippen molar-refractivity contribution >= 4 is 19.7 Å². The molecule has 0 saturated heterocycles. The van der Waals surface area contributed by atoms with Gasteiger partial charge in [-0.25, -0.2) is 16.8 Å². The van der Waals surface area contributed by atoms with Crippen LogP contribution < -0.4 is 0 Å². The molecule has 0 radical (unpaired) electrons. The second-order valence-electron chi connectivity index (χ2n) is 7.05. The van der Waals surface area contributed by atoms with Gasteiger partial charge in [0.05, 0.1) is 21.1 Å². The van der Waals surface area contributed by atoms with Gasteiger partial charge in [-0.1, -0.05) is 48.6 Å². The zero-order chi connectivity index (χ0) is 21.1. The standard InChI is InChI=1S/C21H24O6S2/c22-15-7-8-16-13-14-19(23)21(29(26,27)18-11-5-2-6-12-18)20(16)28(24,25)17-9-3-1-4-10-17/h1-6,9-14,16,19-23H,7-8,15H2/t16-,19+,20-,21-/m1/s1. The normalized spacial score (nSPS) is 25.0. The Morgan fingerprint density at radius 1 is 0.724 bits per heavy atom. The summed E-state index contributed by atoms with van der Waals surface area (Å²) in [6.07, 6.45) is 2.06. The lowest BCUT2D eigenvalue weighted by molar-refractivity contribution is 0.194. The SMILES string of the molecule is O=S(=O)(c1ccccc1)[C@H]1[C@H](S(=O)(=O)c2ccccc2)[C@H](CCCO)C=C[C@@H]1O. The number of allylic oxidation sites excluding steroid dienone is 1. The van der Waals surface area contributed by atoms with Gasteiger partial charge in [0, 0.05) is 6.61 Å². The van der Waals surface area contributed by atoms with Crippen LogP contribution >= 0.6 is 0 Å². The number of hydrogen-bond donors (Lipinski definition) is 2. The van der Waals surface area contributed by atoms with Crippen LogP contribution in [0.5, 0.6) is 0 Å². The number of aliphatic hydroxyl groups is 2. The topological polar surface area (TPSA) is 109 Å². The molecule has 0 amide bonds. The van der Waals surface area contributed by atoms with Gasteiger partial charge in [0.1, 0.15) is 5.25 Å². The summed E-state index contributed by atoms with van der Waals surface area (Å²) >= 11 is 0. The molecule has 6 nitrogen and oxygen atoms in total. The minimum absolute atomic E-state index is 0.00904. The molecule has 0 bridgehead atoms. The molecule has 2 aromatic carbocycles. The first-order valence-corrected chi connectivity index (χ1v) is 12.4. The Hall–Kier alpha value is -2.00. The number of rotatable bonds is 7. The van der Waals surface area contributed by atoms with E-state index in [4.69, 9.17) is 0 Å². The summed E-state index contributed by atoms with van der Waals surface area (Å²) in [5, 5.41) is 16.9. The maximum absolute atomic E-state index is 13.5. The summed E-state index contributed by atoms with van der Waals surface area (Å²) in [5.41, 5.74) is 0. The summed E-state index contributed by atoms with van der Waals surface area (Å²) in [6, 6.07) is 15.3. The molecule has 0 heterocycles. The van der Waals surface area contributed by atoms with Gasteiger partial charge < -0.3 is 10.2 Å². The van der Waals surface area contributed by atoms with Crippen LogP contribution in [0.4, 0.5) is 0 Å². The van der Waals surface area contributed by atoms with Gasteiger partial charge in [0.25, 0.3) is 0 Å². The molecule has 4 atom stereocenters. The molecule has 0 unspecified atom stereocenters. The average Bonchev–Trinajstić information content (AvgIpc) is 2.73. The Balaban J connectivity index is 2.17. The summed E-state index contributed by atoms with van der Waals surface area (Å²) in [7, 11) is -8.24. The Kier molecular flexibility index (Phi) is 6.58. The molecule has 0 aliphatic heterocycles. The average molecular weight is 437 g/mol. The third-order valence-electron chi connectivity index (χ3n) is 5.19. The molecule has 0 saturated carbocycles. The van der Waals surface area contributed by atoms with Crippen LogP contribution in [0.3, 0.4) is 0 Å². The molecule has 8 heteroatoms. The third kappa shape index (κ3) is 4.30. The molecule has 0 aromatic heterocycles. The molecule has 1 aliphatic rings. The maximum Gasteiger partial charge on any atom is 0.185 e. The molecular weight excluding hydrogens is 412 g/mol. The van der Waals surface area contributed by atoms with E-state index in [0.29, 0.717) is 6.42 Å². The summed E-state index contributed by atoms with van der Waals surface area (Å²) in [5.74, 6) is -0.653. The second-order valence-corrected chi connectivity index (χ2v) is 11.3. The molecular formula is C21H24O6S2. The van der Waals surface area contributed by atoms with E-state index in [1.807, 2.05) is 0 Å². The van der Waals surface area contributed by atoms with Crippen molar-refractivity contribution in [1.82, 2.24) is 0 Å². The highest BCUT2D eigenvalue weighted by atomic mass is 32.2. The summed E-state index contributed by atoms with van der Waals surface area (Å²) in [6.45, 7) is -0.138. The van der Waals surface area contributed by atoms with E-state index in [0.717, 1.165) is 0 Å². The minimum Gasteiger partial charge on any atom is -0.396 e. The van der Waals surface area contributed by atoms with Crippen molar-refractivity contribution in [3.63, 3.8) is 0 Å². The first kappa shape index (κ1) is 21.7. The van der Waals surface area contributed by atoms with Crippen molar-refractivity contribution in [3.8, 4) is 0 Å². The number of sulfone groups is 2. The number of hydrogen-bond acceptors (Lipinski definition) is 6. The molecule has 29 heavy (non-hydrogen) atoms. The van der Waals surface area contributed by atoms with Crippen LogP contribution in [0.15, 0.2) is 82.6 Å². The molecule has 0 fully saturated rings. The summed E-state index contributed by atoms with van der Waals surface area (Å²) in [4.78, 5) is -0.0247. The molecule has 156 valence electrons. The van der Waals surface area contributed by atoms with Gasteiger partial charge in [-0.2, -0.15) is 0 Å². The summed E-state index contributed by atoms with van der Waals surface area (Å²) < 4.78 is 53.8. The second kappa shape index (κ2) is 8.79. The molecule has 1 aliphatic carbocycles. The fourth-order valence-corrected chi connectivity index (χ4v) is 8.60. The number of aliphatic hydroxyl groups excluding tert-OH is 2. The van der Waals surface area contributed by atoms with Crippen LogP contribution in [0.2, 0.25) is 0 Å². The van der Waals surface area contributed by atoms with Crippen LogP contribution in [0, 0.1) is 5.92 Å². The van der Waals surface area contributed by atoms with Crippen molar-refractivity contribution in [2.24, 2.45) is 5.92 Å². The smallest absolute Gasteiger partial charge is 0.185 e. The van der Waals surface area contributed by atoms with Crippen LogP contribution in [0.1, 0.15) is 12.8 Å². The maximum atomic E-state index is 13.5. The Morgan fingerprint density at radius 2 is 1.21 bits per heavy atom. The Labute approximate surface area is 171 Å². The first-order valence-electron chi connectivity index (χ1n) is 9.35. The van der Waals surface area contributed by atoms with Crippen molar-refractivity contribution in [3.05, 3.63) is 72.8 Å². The predicted octanol–water partition coefficient (Wildman–Crippen LogP) is 1.99. The van der Waals surface area contributed by atoms with E-state index in [1.54, 1.807) is 42.5 Å². The van der Waals surface area contributed by atoms with Crippen LogP contribution in [-0.4, -0.2) is 50.3 Å². The minimum atomic E-state index is -4.15. The van der Waals surface area contributed by atoms with Crippen molar-refractivity contribution < 1.29 is 27.0 Å². The van der Waals surface area contributed by atoms with Crippen molar-refractivity contribution in [2.75, 3.05) is 6.61 Å². The van der Waals surface area contributed by atoms with Gasteiger partial charge >= 0.3 is 0 Å². The largest absolute Gasteiger partial charge is 0.396 e. The van der Waals surface area contributed by atoms with E-state index < -0.39 is 42.2 Å². The van der Waals surface area contributed by atoms with Gasteiger partial charge in [-0.3, -0.25) is 0 Å². The van der Waals surface area contributed by atoms with Gasteiger partial charge in [-0.05, 0) is 43.0 Å². The molecule has 2 aromatic rings. The predicted molar refractivity (Wildman–Crippen MR) is 110 cm³/mol. The zero-order valence-electron chi connectivity index (χ0n) is 15.7. The van der Waals surface area contributed by atoms with E-state index in [-0.39, 0.29) is 22.8 Å². The van der Waals surface area contributed by atoms with Crippen LogP contribution in [-0.2, 0) is 19.7 Å². The van der Waals surface area contributed by atoms with E-state index in [9.17, 15) is 27.0 Å². The monoisotopic (exact) mass is 436 g/mol. The highest BCUT2D eigenvalue weighted by Gasteiger charge is 2.50. The molecule has 0 spiro atoms. The fourth-order valence-electron chi connectivity index (χ4n) is 3.80. The van der Waals surface area contributed by atoms with E-state index in [2.05, 4.69) is 0 Å². The lowest BCUT2D eigenvalue weighted by Crippen LogP contribution is -2.52. The highest BCUT2D eigenvalue weighted by Crippen LogP contribution is 2.38. The lowest BCUT2D eigenvalue weighted by Gasteiger charge is -2.36. The quantitative estimate of drug-likeness (QED) is 0.643. The van der Waals surface area contributed by atoms with E-state index >= 15 is 0 Å². The highest BCUT2D eigenvalue weighted by molar-refractivity contribution is 7.96. The fraction of sp³-hybridized carbons (Fsp3) is 0.333. The van der Waals surface area contributed by atoms with Crippen molar-refractivity contribution in [1.29, 1.82) is 0 Å². The Morgan fingerprint density at radius 3 is 1.69 bits per heavy atom. The van der Waals surface area contributed by atoms with Gasteiger partial charge in [0.2, 0.25) is 0 Å². The lowest BCUT2D eigenvalue weighted by atomic mass is 9.89. The zero-order valence-corrected chi connectivity index (χ0v) is 17.3. The number of benzene rings is 2. The van der Waals surface area contributed by atoms with Crippen molar-refractivity contribution in [2.45, 2.75) is 39.2 Å². The Bertz CT molecular complexity index is 1050. The van der Waals surface area contributed by atoms with Gasteiger partial charge in [0.15, 0.2) is 19.7 Å². The molecule has 2 N–H and O–H groups in total. The first-order chi connectivity index (χ1) is 13.8. The van der Waals surface area contributed by atoms with Crippen LogP contribution in [0.25, 0.3) is 0 Å². The molecule has 3 rings (SSSR count). The third-order valence-corrected chi connectivity index (χ3v) is 9.87. The van der Waals surface area contributed by atoms with E-state index in [1.165, 1.54) is 30.3 Å². The van der Waals surface area contributed by atoms with Gasteiger partial charge in [-0.15, -0.1) is 0 Å².